The molecule has 2 N–H and O–H groups in total. The van der Waals surface area contributed by atoms with Crippen LogP contribution in [0.3, 0.4) is 0 Å². The second-order valence-corrected chi connectivity index (χ2v) is 5.66. The van der Waals surface area contributed by atoms with Gasteiger partial charge in [0.1, 0.15) is 11.8 Å². The lowest BCUT2D eigenvalue weighted by Gasteiger charge is -2.28. The molecule has 1 saturated carbocycles. The zero-order chi connectivity index (χ0) is 14.9. The number of furan rings is 1. The van der Waals surface area contributed by atoms with Crippen LogP contribution in [0.5, 0.6) is 0 Å². The molecule has 2 aromatic rings. The van der Waals surface area contributed by atoms with Crippen LogP contribution in [0.1, 0.15) is 42.5 Å². The van der Waals surface area contributed by atoms with E-state index in [1.54, 1.807) is 6.07 Å². The van der Waals surface area contributed by atoms with Crippen molar-refractivity contribution in [3.8, 4) is 0 Å². The summed E-state index contributed by atoms with van der Waals surface area (Å²) in [6.45, 7) is 0. The van der Waals surface area contributed by atoms with E-state index in [1.165, 1.54) is 6.26 Å². The summed E-state index contributed by atoms with van der Waals surface area (Å²) < 4.78 is 5.37. The van der Waals surface area contributed by atoms with Crippen LogP contribution in [0.15, 0.2) is 34.9 Å². The second-order valence-electron chi connectivity index (χ2n) is 5.66. The summed E-state index contributed by atoms with van der Waals surface area (Å²) in [5.41, 5.74) is 0.491. The standard InChI is InChI=1S/C16H17NO4/c18-14(19)9-16(7-3-4-8-16)17-15(20)12-10-21-13-6-2-1-5-11(12)13/h1-2,5-6,10H,3-4,7-9H2,(H,17,20)(H,18,19). The molecule has 21 heavy (non-hydrogen) atoms. The average molecular weight is 287 g/mol. The molecule has 3 rings (SSSR count). The molecule has 1 amide bonds. The number of rotatable bonds is 4. The maximum atomic E-state index is 12.5. The minimum Gasteiger partial charge on any atom is -0.481 e. The molecule has 0 bridgehead atoms. The Morgan fingerprint density at radius 3 is 2.67 bits per heavy atom. The average Bonchev–Trinajstić information content (AvgIpc) is 3.04. The Labute approximate surface area is 121 Å². The number of carboxylic acid groups (broad SMARTS) is 1. The fourth-order valence-corrected chi connectivity index (χ4v) is 3.15. The van der Waals surface area contributed by atoms with Gasteiger partial charge in [-0.3, -0.25) is 9.59 Å². The zero-order valence-electron chi connectivity index (χ0n) is 11.6. The topological polar surface area (TPSA) is 79.5 Å². The van der Waals surface area contributed by atoms with E-state index >= 15 is 0 Å². The SMILES string of the molecule is O=C(O)CC1(NC(=O)c2coc3ccccc23)CCCC1. The summed E-state index contributed by atoms with van der Waals surface area (Å²) >= 11 is 0. The molecule has 0 aliphatic heterocycles. The van der Waals surface area contributed by atoms with Crippen molar-refractivity contribution in [1.29, 1.82) is 0 Å². The van der Waals surface area contributed by atoms with Crippen molar-refractivity contribution < 1.29 is 19.1 Å². The molecule has 0 saturated heterocycles. The number of hydrogen-bond donors (Lipinski definition) is 2. The normalized spacial score (nSPS) is 17.0. The lowest BCUT2D eigenvalue weighted by molar-refractivity contribution is -0.138. The molecule has 1 aliphatic rings. The summed E-state index contributed by atoms with van der Waals surface area (Å²) in [5, 5.41) is 12.8. The minimum absolute atomic E-state index is 0.0332. The Hall–Kier alpha value is -2.30. The monoisotopic (exact) mass is 287 g/mol. The van der Waals surface area contributed by atoms with Gasteiger partial charge in [0.25, 0.3) is 5.91 Å². The molecule has 1 aromatic heterocycles. The molecule has 110 valence electrons. The third kappa shape index (κ3) is 2.63. The van der Waals surface area contributed by atoms with Crippen LogP contribution < -0.4 is 5.32 Å². The van der Waals surface area contributed by atoms with Crippen molar-refractivity contribution in [3.63, 3.8) is 0 Å². The molecular formula is C16H17NO4. The highest BCUT2D eigenvalue weighted by Crippen LogP contribution is 2.33. The molecule has 0 spiro atoms. The van der Waals surface area contributed by atoms with E-state index in [-0.39, 0.29) is 12.3 Å². The Morgan fingerprint density at radius 2 is 1.95 bits per heavy atom. The quantitative estimate of drug-likeness (QED) is 0.906. The summed E-state index contributed by atoms with van der Waals surface area (Å²) in [7, 11) is 0. The molecule has 5 heteroatoms. The molecular weight excluding hydrogens is 270 g/mol. The van der Waals surface area contributed by atoms with E-state index < -0.39 is 11.5 Å². The van der Waals surface area contributed by atoms with Crippen molar-refractivity contribution in [2.45, 2.75) is 37.6 Å². The summed E-state index contributed by atoms with van der Waals surface area (Å²) in [6, 6.07) is 7.31. The predicted molar refractivity (Wildman–Crippen MR) is 77.1 cm³/mol. The van der Waals surface area contributed by atoms with Crippen LogP contribution in [0.25, 0.3) is 11.0 Å². The van der Waals surface area contributed by atoms with Gasteiger partial charge >= 0.3 is 5.97 Å². The van der Waals surface area contributed by atoms with Crippen LogP contribution in [0.4, 0.5) is 0 Å². The first-order valence-corrected chi connectivity index (χ1v) is 7.10. The van der Waals surface area contributed by atoms with Gasteiger partial charge in [-0.2, -0.15) is 0 Å². The third-order valence-corrected chi connectivity index (χ3v) is 4.15. The Morgan fingerprint density at radius 1 is 1.24 bits per heavy atom. The van der Waals surface area contributed by atoms with Gasteiger partial charge in [-0.25, -0.2) is 0 Å². The molecule has 1 aliphatic carbocycles. The van der Waals surface area contributed by atoms with E-state index in [0.717, 1.165) is 18.2 Å². The van der Waals surface area contributed by atoms with Crippen LogP contribution in [0.2, 0.25) is 0 Å². The number of nitrogens with one attached hydrogen (secondary N) is 1. The van der Waals surface area contributed by atoms with E-state index in [0.29, 0.717) is 24.0 Å². The van der Waals surface area contributed by atoms with Gasteiger partial charge in [0, 0.05) is 5.39 Å². The number of hydrogen-bond acceptors (Lipinski definition) is 3. The van der Waals surface area contributed by atoms with E-state index in [4.69, 9.17) is 9.52 Å². The zero-order valence-corrected chi connectivity index (χ0v) is 11.6. The van der Waals surface area contributed by atoms with E-state index in [1.807, 2.05) is 18.2 Å². The lowest BCUT2D eigenvalue weighted by Crippen LogP contribution is -2.47. The van der Waals surface area contributed by atoms with Gasteiger partial charge in [0.15, 0.2) is 0 Å². The van der Waals surface area contributed by atoms with Crippen LogP contribution in [-0.2, 0) is 4.79 Å². The number of aliphatic carboxylic acids is 1. The van der Waals surface area contributed by atoms with Gasteiger partial charge in [-0.05, 0) is 18.9 Å². The first-order valence-electron chi connectivity index (χ1n) is 7.10. The fourth-order valence-electron chi connectivity index (χ4n) is 3.15. The molecule has 0 unspecified atom stereocenters. The number of carbonyl (C=O) groups excluding carboxylic acids is 1. The minimum atomic E-state index is -0.880. The first kappa shape index (κ1) is 13.7. The Kier molecular flexibility index (Phi) is 3.41. The maximum absolute atomic E-state index is 12.5. The molecule has 5 nitrogen and oxygen atoms in total. The van der Waals surface area contributed by atoms with Crippen LogP contribution >= 0.6 is 0 Å². The highest BCUT2D eigenvalue weighted by molar-refractivity contribution is 6.06. The third-order valence-electron chi connectivity index (χ3n) is 4.15. The van der Waals surface area contributed by atoms with Crippen molar-refractivity contribution in [2.75, 3.05) is 0 Å². The lowest BCUT2D eigenvalue weighted by atomic mass is 9.92. The maximum Gasteiger partial charge on any atom is 0.305 e. The number of carboxylic acids is 1. The highest BCUT2D eigenvalue weighted by atomic mass is 16.4. The highest BCUT2D eigenvalue weighted by Gasteiger charge is 2.38. The molecule has 1 fully saturated rings. The smallest absolute Gasteiger partial charge is 0.305 e. The largest absolute Gasteiger partial charge is 0.481 e. The van der Waals surface area contributed by atoms with Gasteiger partial charge in [-0.1, -0.05) is 31.0 Å². The number of benzene rings is 1. The molecule has 0 atom stereocenters. The predicted octanol–water partition coefficient (Wildman–Crippen LogP) is 2.95. The Bertz CT molecular complexity index is 682. The number of fused-ring (bicyclic) bond motifs is 1. The second kappa shape index (κ2) is 5.24. The van der Waals surface area contributed by atoms with E-state index in [9.17, 15) is 9.59 Å². The summed E-state index contributed by atoms with van der Waals surface area (Å²) in [6.07, 6.45) is 4.71. The van der Waals surface area contributed by atoms with Crippen molar-refractivity contribution in [1.82, 2.24) is 5.32 Å². The number of para-hydroxylation sites is 1. The summed E-state index contributed by atoms with van der Waals surface area (Å²) in [5.74, 6) is -1.14. The van der Waals surface area contributed by atoms with Gasteiger partial charge in [0.2, 0.25) is 0 Å². The summed E-state index contributed by atoms with van der Waals surface area (Å²) in [4.78, 5) is 23.6. The number of carbonyl (C=O) groups is 2. The van der Waals surface area contributed by atoms with Crippen molar-refractivity contribution in [2.24, 2.45) is 0 Å². The van der Waals surface area contributed by atoms with Crippen molar-refractivity contribution >= 4 is 22.8 Å². The molecule has 0 radical (unpaired) electrons. The molecule has 1 aromatic carbocycles. The first-order chi connectivity index (χ1) is 10.1. The van der Waals surface area contributed by atoms with E-state index in [2.05, 4.69) is 5.32 Å². The van der Waals surface area contributed by atoms with Gasteiger partial charge < -0.3 is 14.8 Å². The fraction of sp³-hybridized carbons (Fsp3) is 0.375. The van der Waals surface area contributed by atoms with Crippen LogP contribution in [-0.4, -0.2) is 22.5 Å². The van der Waals surface area contributed by atoms with Crippen LogP contribution in [0, 0.1) is 0 Å². The van der Waals surface area contributed by atoms with Gasteiger partial charge in [0.05, 0.1) is 17.5 Å². The number of amides is 1. The van der Waals surface area contributed by atoms with Crippen molar-refractivity contribution in [3.05, 3.63) is 36.1 Å². The Balaban J connectivity index is 1.86. The molecule has 1 heterocycles. The van der Waals surface area contributed by atoms with Gasteiger partial charge in [-0.15, -0.1) is 0 Å².